The smallest absolute Gasteiger partial charge is 0.230 e. The fourth-order valence-electron chi connectivity index (χ4n) is 3.19. The number of amides is 1. The van der Waals surface area contributed by atoms with Gasteiger partial charge in [-0.3, -0.25) is 9.69 Å². The third-order valence-electron chi connectivity index (χ3n) is 4.86. The Labute approximate surface area is 165 Å². The van der Waals surface area contributed by atoms with E-state index in [0.717, 1.165) is 18.7 Å². The van der Waals surface area contributed by atoms with Crippen molar-refractivity contribution in [3.63, 3.8) is 0 Å². The molecule has 0 spiro atoms. The van der Waals surface area contributed by atoms with Gasteiger partial charge in [0.05, 0.1) is 27.2 Å². The van der Waals surface area contributed by atoms with Crippen LogP contribution in [0.4, 0.5) is 0 Å². The van der Waals surface area contributed by atoms with E-state index in [0.29, 0.717) is 49.3 Å². The number of methoxy groups -OCH3 is 2. The van der Waals surface area contributed by atoms with Crippen LogP contribution in [0.2, 0.25) is 0 Å². The molecule has 2 aromatic rings. The van der Waals surface area contributed by atoms with Gasteiger partial charge in [-0.25, -0.2) is 0 Å². The third-order valence-corrected chi connectivity index (χ3v) is 4.86. The summed E-state index contributed by atoms with van der Waals surface area (Å²) in [5.74, 6) is 2.94. The lowest BCUT2D eigenvalue weighted by Gasteiger charge is -2.34. The van der Waals surface area contributed by atoms with Crippen LogP contribution >= 0.6 is 0 Å². The molecule has 0 N–H and O–H groups in total. The first-order chi connectivity index (χ1) is 13.5. The molecule has 1 aromatic heterocycles. The van der Waals surface area contributed by atoms with E-state index in [9.17, 15) is 4.79 Å². The van der Waals surface area contributed by atoms with Gasteiger partial charge < -0.3 is 18.8 Å². The van der Waals surface area contributed by atoms with Crippen molar-refractivity contribution in [3.8, 4) is 11.5 Å². The van der Waals surface area contributed by atoms with Crippen LogP contribution in [0.25, 0.3) is 0 Å². The maximum atomic E-state index is 12.7. The largest absolute Gasteiger partial charge is 0.493 e. The normalized spacial score (nSPS) is 15.1. The second-order valence-corrected chi connectivity index (χ2v) is 7.21. The van der Waals surface area contributed by atoms with Crippen molar-refractivity contribution in [2.75, 3.05) is 40.4 Å². The molecule has 152 valence electrons. The highest BCUT2D eigenvalue weighted by Crippen LogP contribution is 2.28. The highest BCUT2D eigenvalue weighted by Gasteiger charge is 2.23. The summed E-state index contributed by atoms with van der Waals surface area (Å²) in [4.78, 5) is 16.8. The molecular formula is C20H28N4O4. The number of nitrogens with zero attached hydrogens (tertiary/aromatic N) is 4. The average molecular weight is 388 g/mol. The van der Waals surface area contributed by atoms with Gasteiger partial charge in [0.1, 0.15) is 0 Å². The SMILES string of the molecule is COc1ccc(CC(=O)N2CCN(Cc3nnc(C(C)C)o3)CC2)cc1OC. The second kappa shape index (κ2) is 9.05. The Morgan fingerprint density at radius 3 is 2.43 bits per heavy atom. The Balaban J connectivity index is 1.50. The lowest BCUT2D eigenvalue weighted by atomic mass is 10.1. The summed E-state index contributed by atoms with van der Waals surface area (Å²) in [5.41, 5.74) is 0.914. The van der Waals surface area contributed by atoms with Crippen molar-refractivity contribution in [2.24, 2.45) is 0 Å². The minimum Gasteiger partial charge on any atom is -0.493 e. The summed E-state index contributed by atoms with van der Waals surface area (Å²) in [5, 5.41) is 8.18. The lowest BCUT2D eigenvalue weighted by Crippen LogP contribution is -2.48. The lowest BCUT2D eigenvalue weighted by molar-refractivity contribution is -0.132. The summed E-state index contributed by atoms with van der Waals surface area (Å²) in [6.45, 7) is 7.64. The molecule has 8 heteroatoms. The molecule has 1 aromatic carbocycles. The van der Waals surface area contributed by atoms with Crippen molar-refractivity contribution in [1.82, 2.24) is 20.0 Å². The summed E-state index contributed by atoms with van der Waals surface area (Å²) < 4.78 is 16.2. The molecular weight excluding hydrogens is 360 g/mol. The van der Waals surface area contributed by atoms with Crippen LogP contribution in [0.5, 0.6) is 11.5 Å². The summed E-state index contributed by atoms with van der Waals surface area (Å²) in [7, 11) is 3.19. The van der Waals surface area contributed by atoms with Crippen LogP contribution in [-0.2, 0) is 17.8 Å². The number of hydrogen-bond donors (Lipinski definition) is 0. The van der Waals surface area contributed by atoms with Gasteiger partial charge in [0.25, 0.3) is 0 Å². The van der Waals surface area contributed by atoms with Gasteiger partial charge in [-0.1, -0.05) is 19.9 Å². The summed E-state index contributed by atoms with van der Waals surface area (Å²) in [6, 6.07) is 5.58. The Bertz CT molecular complexity index is 797. The summed E-state index contributed by atoms with van der Waals surface area (Å²) >= 11 is 0. The van der Waals surface area contributed by atoms with E-state index in [4.69, 9.17) is 13.9 Å². The average Bonchev–Trinajstić information content (AvgIpc) is 3.17. The molecule has 1 aliphatic heterocycles. The number of carbonyl (C=O) groups is 1. The number of hydrogen-bond acceptors (Lipinski definition) is 7. The third kappa shape index (κ3) is 4.81. The van der Waals surface area contributed by atoms with E-state index in [1.165, 1.54) is 0 Å². The molecule has 1 fully saturated rings. The van der Waals surface area contributed by atoms with Crippen molar-refractivity contribution in [2.45, 2.75) is 32.7 Å². The van der Waals surface area contributed by atoms with E-state index >= 15 is 0 Å². The Morgan fingerprint density at radius 1 is 1.11 bits per heavy atom. The fraction of sp³-hybridized carbons (Fsp3) is 0.550. The molecule has 2 heterocycles. The quantitative estimate of drug-likeness (QED) is 0.718. The molecule has 28 heavy (non-hydrogen) atoms. The number of rotatable bonds is 7. The van der Waals surface area contributed by atoms with Crippen LogP contribution in [-0.4, -0.2) is 66.3 Å². The zero-order valence-electron chi connectivity index (χ0n) is 17.0. The molecule has 1 amide bonds. The van der Waals surface area contributed by atoms with E-state index in [-0.39, 0.29) is 11.8 Å². The second-order valence-electron chi connectivity index (χ2n) is 7.21. The van der Waals surface area contributed by atoms with Crippen LogP contribution in [0.15, 0.2) is 22.6 Å². The zero-order valence-corrected chi connectivity index (χ0v) is 17.0. The van der Waals surface area contributed by atoms with E-state index in [2.05, 4.69) is 15.1 Å². The first kappa shape index (κ1) is 20.1. The molecule has 0 bridgehead atoms. The van der Waals surface area contributed by atoms with Crippen molar-refractivity contribution < 1.29 is 18.7 Å². The van der Waals surface area contributed by atoms with Crippen molar-refractivity contribution in [3.05, 3.63) is 35.5 Å². The first-order valence-electron chi connectivity index (χ1n) is 9.53. The van der Waals surface area contributed by atoms with Crippen LogP contribution in [0.1, 0.15) is 37.1 Å². The zero-order chi connectivity index (χ0) is 20.1. The maximum absolute atomic E-state index is 12.7. The number of ether oxygens (including phenoxy) is 2. The predicted octanol–water partition coefficient (Wildman–Crippen LogP) is 2.10. The van der Waals surface area contributed by atoms with Crippen LogP contribution in [0.3, 0.4) is 0 Å². The molecule has 0 radical (unpaired) electrons. The number of piperazine rings is 1. The molecule has 8 nitrogen and oxygen atoms in total. The van der Waals surface area contributed by atoms with Gasteiger partial charge in [-0.2, -0.15) is 0 Å². The Hall–Kier alpha value is -2.61. The van der Waals surface area contributed by atoms with E-state index in [1.807, 2.05) is 36.9 Å². The van der Waals surface area contributed by atoms with Crippen molar-refractivity contribution >= 4 is 5.91 Å². The number of benzene rings is 1. The molecule has 0 unspecified atom stereocenters. The van der Waals surface area contributed by atoms with Crippen LogP contribution < -0.4 is 9.47 Å². The summed E-state index contributed by atoms with van der Waals surface area (Å²) in [6.07, 6.45) is 0.349. The minimum atomic E-state index is 0.117. The predicted molar refractivity (Wildman–Crippen MR) is 103 cm³/mol. The van der Waals surface area contributed by atoms with Gasteiger partial charge in [0.15, 0.2) is 11.5 Å². The van der Waals surface area contributed by atoms with Crippen molar-refractivity contribution in [1.29, 1.82) is 0 Å². The highest BCUT2D eigenvalue weighted by atomic mass is 16.5. The maximum Gasteiger partial charge on any atom is 0.230 e. The van der Waals surface area contributed by atoms with E-state index < -0.39 is 0 Å². The molecule has 3 rings (SSSR count). The fourth-order valence-corrected chi connectivity index (χ4v) is 3.19. The van der Waals surface area contributed by atoms with Crippen LogP contribution in [0, 0.1) is 0 Å². The number of carbonyl (C=O) groups excluding carboxylic acids is 1. The van der Waals surface area contributed by atoms with Gasteiger partial charge in [-0.15, -0.1) is 10.2 Å². The first-order valence-corrected chi connectivity index (χ1v) is 9.53. The highest BCUT2D eigenvalue weighted by molar-refractivity contribution is 5.79. The van der Waals surface area contributed by atoms with Gasteiger partial charge in [0.2, 0.25) is 17.7 Å². The monoisotopic (exact) mass is 388 g/mol. The van der Waals surface area contributed by atoms with Gasteiger partial charge >= 0.3 is 0 Å². The standard InChI is InChI=1S/C20H28N4O4/c1-14(2)20-22-21-18(28-20)13-23-7-9-24(10-8-23)19(25)12-15-5-6-16(26-3)17(11-15)27-4/h5-6,11,14H,7-10,12-13H2,1-4H3. The Kier molecular flexibility index (Phi) is 6.51. The number of aromatic nitrogens is 2. The topological polar surface area (TPSA) is 80.9 Å². The molecule has 1 aliphatic rings. The van der Waals surface area contributed by atoms with E-state index in [1.54, 1.807) is 14.2 Å². The Morgan fingerprint density at radius 2 is 1.82 bits per heavy atom. The molecule has 0 atom stereocenters. The molecule has 0 aliphatic carbocycles. The molecule has 0 saturated carbocycles. The molecule has 1 saturated heterocycles. The van der Waals surface area contributed by atoms with Gasteiger partial charge in [0, 0.05) is 32.1 Å². The minimum absolute atomic E-state index is 0.117. The van der Waals surface area contributed by atoms with Gasteiger partial charge in [-0.05, 0) is 17.7 Å².